The first-order chi connectivity index (χ1) is 9.85. The third kappa shape index (κ3) is 2.17. The maximum atomic E-state index is 9.32. The SMILES string of the molecule is OCCc1ccc2c(ccc3ccccc32)c1CCO. The number of hydrogen-bond acceptors (Lipinski definition) is 2. The van der Waals surface area contributed by atoms with Crippen molar-refractivity contribution in [3.8, 4) is 0 Å². The summed E-state index contributed by atoms with van der Waals surface area (Å²) in [4.78, 5) is 0. The number of benzene rings is 3. The molecule has 0 amide bonds. The molecule has 3 aromatic rings. The van der Waals surface area contributed by atoms with Gasteiger partial charge in [-0.3, -0.25) is 0 Å². The van der Waals surface area contributed by atoms with Crippen molar-refractivity contribution in [1.29, 1.82) is 0 Å². The minimum Gasteiger partial charge on any atom is -0.396 e. The minimum absolute atomic E-state index is 0.129. The van der Waals surface area contributed by atoms with Crippen LogP contribution in [-0.2, 0) is 12.8 Å². The number of rotatable bonds is 4. The van der Waals surface area contributed by atoms with Crippen molar-refractivity contribution in [3.05, 3.63) is 59.7 Å². The number of hydrogen-bond donors (Lipinski definition) is 2. The molecule has 0 saturated carbocycles. The molecular weight excluding hydrogens is 248 g/mol. The molecule has 0 unspecified atom stereocenters. The molecule has 0 spiro atoms. The van der Waals surface area contributed by atoms with Gasteiger partial charge in [0, 0.05) is 13.2 Å². The van der Waals surface area contributed by atoms with Crippen LogP contribution in [0.15, 0.2) is 48.5 Å². The van der Waals surface area contributed by atoms with Crippen molar-refractivity contribution in [3.63, 3.8) is 0 Å². The van der Waals surface area contributed by atoms with Crippen LogP contribution in [0.25, 0.3) is 21.5 Å². The second kappa shape index (κ2) is 5.61. The summed E-state index contributed by atoms with van der Waals surface area (Å²) >= 11 is 0. The van der Waals surface area contributed by atoms with E-state index in [9.17, 15) is 10.2 Å². The van der Waals surface area contributed by atoms with E-state index >= 15 is 0 Å². The molecule has 3 aromatic carbocycles. The Morgan fingerprint density at radius 2 is 1.40 bits per heavy atom. The summed E-state index contributed by atoms with van der Waals surface area (Å²) in [5.41, 5.74) is 2.29. The molecule has 102 valence electrons. The zero-order chi connectivity index (χ0) is 13.9. The molecule has 0 saturated heterocycles. The first-order valence-corrected chi connectivity index (χ1v) is 6.99. The first-order valence-electron chi connectivity index (χ1n) is 6.99. The Morgan fingerprint density at radius 1 is 0.650 bits per heavy atom. The molecule has 0 radical (unpaired) electrons. The third-order valence-electron chi connectivity index (χ3n) is 3.88. The molecule has 0 fully saturated rings. The van der Waals surface area contributed by atoms with Crippen molar-refractivity contribution in [1.82, 2.24) is 0 Å². The fourth-order valence-corrected chi connectivity index (χ4v) is 2.96. The molecule has 0 aliphatic heterocycles. The Balaban J connectivity index is 2.33. The number of fused-ring (bicyclic) bond motifs is 3. The van der Waals surface area contributed by atoms with E-state index in [0.717, 1.165) is 11.1 Å². The van der Waals surface area contributed by atoms with Gasteiger partial charge in [-0.05, 0) is 45.5 Å². The highest BCUT2D eigenvalue weighted by atomic mass is 16.3. The van der Waals surface area contributed by atoms with Gasteiger partial charge in [0.25, 0.3) is 0 Å². The molecule has 20 heavy (non-hydrogen) atoms. The van der Waals surface area contributed by atoms with E-state index in [4.69, 9.17) is 0 Å². The van der Waals surface area contributed by atoms with E-state index in [0.29, 0.717) is 12.8 Å². The monoisotopic (exact) mass is 266 g/mol. The summed E-state index contributed by atoms with van der Waals surface area (Å²) in [5.74, 6) is 0. The quantitative estimate of drug-likeness (QED) is 0.712. The van der Waals surface area contributed by atoms with Crippen LogP contribution in [0.3, 0.4) is 0 Å². The van der Waals surface area contributed by atoms with Gasteiger partial charge in [0.05, 0.1) is 0 Å². The van der Waals surface area contributed by atoms with Crippen LogP contribution in [0.4, 0.5) is 0 Å². The number of aliphatic hydroxyl groups excluding tert-OH is 2. The Kier molecular flexibility index (Phi) is 3.68. The molecule has 3 rings (SSSR count). The van der Waals surface area contributed by atoms with Gasteiger partial charge in [-0.2, -0.15) is 0 Å². The molecule has 2 nitrogen and oxygen atoms in total. The predicted molar refractivity (Wildman–Crippen MR) is 83.0 cm³/mol. The summed E-state index contributed by atoms with van der Waals surface area (Å²) in [5, 5.41) is 23.4. The maximum Gasteiger partial charge on any atom is 0.0471 e. The van der Waals surface area contributed by atoms with E-state index in [2.05, 4.69) is 42.5 Å². The summed E-state index contributed by atoms with van der Waals surface area (Å²) in [7, 11) is 0. The Labute approximate surface area is 118 Å². The zero-order valence-electron chi connectivity index (χ0n) is 11.3. The van der Waals surface area contributed by atoms with Crippen molar-refractivity contribution < 1.29 is 10.2 Å². The van der Waals surface area contributed by atoms with Gasteiger partial charge in [-0.25, -0.2) is 0 Å². The van der Waals surface area contributed by atoms with Crippen LogP contribution >= 0.6 is 0 Å². The van der Waals surface area contributed by atoms with E-state index < -0.39 is 0 Å². The van der Waals surface area contributed by atoms with E-state index in [-0.39, 0.29) is 13.2 Å². The topological polar surface area (TPSA) is 40.5 Å². The molecule has 0 aromatic heterocycles. The summed E-state index contributed by atoms with van der Waals surface area (Å²) < 4.78 is 0. The van der Waals surface area contributed by atoms with Crippen LogP contribution in [0.1, 0.15) is 11.1 Å². The van der Waals surface area contributed by atoms with Crippen molar-refractivity contribution >= 4 is 21.5 Å². The standard InChI is InChI=1S/C18H18O2/c19-11-9-14-6-8-17-15-4-2-1-3-13(15)5-7-18(17)16(14)10-12-20/h1-8,19-20H,9-12H2. The van der Waals surface area contributed by atoms with E-state index in [1.807, 2.05) is 6.07 Å². The lowest BCUT2D eigenvalue weighted by molar-refractivity contribution is 0.293. The van der Waals surface area contributed by atoms with Crippen molar-refractivity contribution in [2.24, 2.45) is 0 Å². The maximum absolute atomic E-state index is 9.32. The van der Waals surface area contributed by atoms with Gasteiger partial charge in [-0.15, -0.1) is 0 Å². The highest BCUT2D eigenvalue weighted by molar-refractivity contribution is 6.08. The normalized spacial score (nSPS) is 11.3. The van der Waals surface area contributed by atoms with Gasteiger partial charge in [-0.1, -0.05) is 48.5 Å². The van der Waals surface area contributed by atoms with Crippen LogP contribution in [0, 0.1) is 0 Å². The Morgan fingerprint density at radius 3 is 2.20 bits per heavy atom. The van der Waals surface area contributed by atoms with Crippen molar-refractivity contribution in [2.75, 3.05) is 13.2 Å². The second-order valence-electron chi connectivity index (χ2n) is 5.03. The molecule has 0 heterocycles. The fraction of sp³-hybridized carbons (Fsp3) is 0.222. The first kappa shape index (κ1) is 13.1. The van der Waals surface area contributed by atoms with E-state index in [1.165, 1.54) is 21.5 Å². The Hall–Kier alpha value is -1.90. The van der Waals surface area contributed by atoms with Gasteiger partial charge in [0.2, 0.25) is 0 Å². The fourth-order valence-electron chi connectivity index (χ4n) is 2.96. The van der Waals surface area contributed by atoms with Crippen LogP contribution in [0.2, 0.25) is 0 Å². The van der Waals surface area contributed by atoms with Crippen LogP contribution in [-0.4, -0.2) is 23.4 Å². The molecule has 2 heteroatoms. The van der Waals surface area contributed by atoms with Gasteiger partial charge in [0.1, 0.15) is 0 Å². The highest BCUT2D eigenvalue weighted by Gasteiger charge is 2.09. The zero-order valence-corrected chi connectivity index (χ0v) is 11.3. The second-order valence-corrected chi connectivity index (χ2v) is 5.03. The predicted octanol–water partition coefficient (Wildman–Crippen LogP) is 3.06. The molecule has 0 aliphatic carbocycles. The van der Waals surface area contributed by atoms with Crippen LogP contribution in [0.5, 0.6) is 0 Å². The third-order valence-corrected chi connectivity index (χ3v) is 3.88. The highest BCUT2D eigenvalue weighted by Crippen LogP contribution is 2.30. The Bertz CT molecular complexity index is 747. The lowest BCUT2D eigenvalue weighted by Crippen LogP contribution is -2.01. The largest absolute Gasteiger partial charge is 0.396 e. The summed E-state index contributed by atoms with van der Waals surface area (Å²) in [6.45, 7) is 0.266. The molecular formula is C18H18O2. The molecule has 0 bridgehead atoms. The minimum atomic E-state index is 0.129. The lowest BCUT2D eigenvalue weighted by atomic mass is 9.92. The van der Waals surface area contributed by atoms with Gasteiger partial charge >= 0.3 is 0 Å². The summed E-state index contributed by atoms with van der Waals surface area (Å²) in [6, 6.07) is 16.8. The molecule has 2 N–H and O–H groups in total. The lowest BCUT2D eigenvalue weighted by Gasteiger charge is -2.13. The van der Waals surface area contributed by atoms with Crippen LogP contribution < -0.4 is 0 Å². The summed E-state index contributed by atoms with van der Waals surface area (Å²) in [6.07, 6.45) is 1.27. The average Bonchev–Trinajstić information content (AvgIpc) is 2.49. The molecule has 0 atom stereocenters. The molecule has 0 aliphatic rings. The van der Waals surface area contributed by atoms with Gasteiger partial charge in [0.15, 0.2) is 0 Å². The average molecular weight is 266 g/mol. The smallest absolute Gasteiger partial charge is 0.0471 e. The van der Waals surface area contributed by atoms with E-state index in [1.54, 1.807) is 0 Å². The number of aliphatic hydroxyl groups is 2. The van der Waals surface area contributed by atoms with Gasteiger partial charge < -0.3 is 10.2 Å². The van der Waals surface area contributed by atoms with Crippen molar-refractivity contribution in [2.45, 2.75) is 12.8 Å².